The first kappa shape index (κ1) is 13.7. The van der Waals surface area contributed by atoms with Crippen molar-refractivity contribution in [2.75, 3.05) is 43.1 Å². The lowest BCUT2D eigenvalue weighted by Gasteiger charge is -2.31. The summed E-state index contributed by atoms with van der Waals surface area (Å²) >= 11 is 6.16. The number of benzene rings is 1. The average molecular weight is 294 g/mol. The number of anilines is 2. The van der Waals surface area contributed by atoms with E-state index < -0.39 is 0 Å². The van der Waals surface area contributed by atoms with Gasteiger partial charge in [0.2, 0.25) is 0 Å². The maximum Gasteiger partial charge on any atom is 0.101 e. The molecule has 4 nitrogen and oxygen atoms in total. The van der Waals surface area contributed by atoms with Crippen LogP contribution in [0.25, 0.3) is 0 Å². The molecule has 0 atom stereocenters. The topological polar surface area (TPSA) is 36.9 Å². The molecule has 0 bridgehead atoms. The van der Waals surface area contributed by atoms with E-state index >= 15 is 0 Å². The summed E-state index contributed by atoms with van der Waals surface area (Å²) < 4.78 is 5.42. The first-order valence-corrected chi connectivity index (χ1v) is 7.63. The molecule has 2 heterocycles. The molecule has 0 unspecified atom stereocenters. The molecule has 0 radical (unpaired) electrons. The minimum absolute atomic E-state index is 0.766. The van der Waals surface area contributed by atoms with Gasteiger partial charge < -0.3 is 15.0 Å². The van der Waals surface area contributed by atoms with Gasteiger partial charge in [0.15, 0.2) is 0 Å². The van der Waals surface area contributed by atoms with E-state index in [2.05, 4.69) is 15.2 Å². The first-order valence-electron chi connectivity index (χ1n) is 7.25. The highest BCUT2D eigenvalue weighted by molar-refractivity contribution is 6.31. The number of morpholine rings is 1. The molecule has 108 valence electrons. The number of ether oxygens (including phenoxy) is 1. The zero-order valence-corrected chi connectivity index (χ0v) is 12.3. The molecule has 2 aliphatic rings. The van der Waals surface area contributed by atoms with E-state index in [1.807, 2.05) is 18.2 Å². The van der Waals surface area contributed by atoms with Gasteiger partial charge in [-0.15, -0.1) is 0 Å². The quantitative estimate of drug-likeness (QED) is 0.910. The molecule has 0 aliphatic carbocycles. The van der Waals surface area contributed by atoms with E-state index in [0.717, 1.165) is 61.5 Å². The van der Waals surface area contributed by atoms with Crippen LogP contribution < -0.4 is 10.2 Å². The highest BCUT2D eigenvalue weighted by Crippen LogP contribution is 2.30. The zero-order chi connectivity index (χ0) is 13.8. The van der Waals surface area contributed by atoms with Crippen molar-refractivity contribution in [3.8, 4) is 0 Å². The SMILES string of the molecule is Clc1ccc(NC2=NCCCC2)c(N2CCOCC2)c1. The van der Waals surface area contributed by atoms with Crippen molar-refractivity contribution in [2.24, 2.45) is 4.99 Å². The van der Waals surface area contributed by atoms with Gasteiger partial charge in [0.1, 0.15) is 5.84 Å². The van der Waals surface area contributed by atoms with Crippen LogP contribution in [0.1, 0.15) is 19.3 Å². The van der Waals surface area contributed by atoms with Gasteiger partial charge in [-0.2, -0.15) is 0 Å². The smallest absolute Gasteiger partial charge is 0.101 e. The van der Waals surface area contributed by atoms with Crippen LogP contribution in [-0.2, 0) is 4.74 Å². The minimum atomic E-state index is 0.766. The van der Waals surface area contributed by atoms with Crippen LogP contribution in [0.2, 0.25) is 5.02 Å². The van der Waals surface area contributed by atoms with E-state index in [1.165, 1.54) is 12.8 Å². The van der Waals surface area contributed by atoms with Crippen molar-refractivity contribution in [3.05, 3.63) is 23.2 Å². The number of amidine groups is 1. The second-order valence-corrected chi connectivity index (χ2v) is 5.61. The standard InChI is InChI=1S/C15H20ClN3O/c16-12-4-5-13(18-15-3-1-2-6-17-15)14(11-12)19-7-9-20-10-8-19/h4-5,11H,1-3,6-10H2,(H,17,18). The van der Waals surface area contributed by atoms with Gasteiger partial charge in [-0.25, -0.2) is 0 Å². The summed E-state index contributed by atoms with van der Waals surface area (Å²) in [6.07, 6.45) is 3.44. The number of halogens is 1. The number of rotatable bonds is 2. The molecule has 5 heteroatoms. The molecule has 1 fully saturated rings. The van der Waals surface area contributed by atoms with Crippen LogP contribution in [0.5, 0.6) is 0 Å². The molecule has 1 saturated heterocycles. The summed E-state index contributed by atoms with van der Waals surface area (Å²) in [7, 11) is 0. The second kappa shape index (κ2) is 6.46. The minimum Gasteiger partial charge on any atom is -0.378 e. The summed E-state index contributed by atoms with van der Waals surface area (Å²) in [6.45, 7) is 4.28. The van der Waals surface area contributed by atoms with Crippen molar-refractivity contribution in [3.63, 3.8) is 0 Å². The second-order valence-electron chi connectivity index (χ2n) is 5.17. The lowest BCUT2D eigenvalue weighted by Crippen LogP contribution is -2.36. The third-order valence-corrected chi connectivity index (χ3v) is 3.95. The maximum atomic E-state index is 6.16. The fourth-order valence-corrected chi connectivity index (χ4v) is 2.80. The Balaban J connectivity index is 1.83. The van der Waals surface area contributed by atoms with Crippen LogP contribution in [0.3, 0.4) is 0 Å². The molecule has 2 aliphatic heterocycles. The van der Waals surface area contributed by atoms with Crippen LogP contribution in [0.4, 0.5) is 11.4 Å². The van der Waals surface area contributed by atoms with Crippen LogP contribution in [0, 0.1) is 0 Å². The van der Waals surface area contributed by atoms with Gasteiger partial charge in [-0.05, 0) is 31.0 Å². The van der Waals surface area contributed by atoms with Gasteiger partial charge in [0.05, 0.1) is 24.6 Å². The summed E-state index contributed by atoms with van der Waals surface area (Å²) in [4.78, 5) is 6.88. The van der Waals surface area contributed by atoms with Crippen molar-refractivity contribution in [1.82, 2.24) is 0 Å². The van der Waals surface area contributed by atoms with Gasteiger partial charge >= 0.3 is 0 Å². The molecule has 1 N–H and O–H groups in total. The Morgan fingerprint density at radius 2 is 2.05 bits per heavy atom. The highest BCUT2D eigenvalue weighted by atomic mass is 35.5. The average Bonchev–Trinajstić information content (AvgIpc) is 2.51. The van der Waals surface area contributed by atoms with E-state index in [-0.39, 0.29) is 0 Å². The lowest BCUT2D eigenvalue weighted by atomic mass is 10.1. The monoisotopic (exact) mass is 293 g/mol. The van der Waals surface area contributed by atoms with Crippen molar-refractivity contribution in [2.45, 2.75) is 19.3 Å². The molecule has 0 saturated carbocycles. The number of hydrogen-bond acceptors (Lipinski definition) is 4. The molecule has 0 aromatic heterocycles. The third kappa shape index (κ3) is 3.25. The third-order valence-electron chi connectivity index (χ3n) is 3.71. The Labute approximate surface area is 124 Å². The zero-order valence-electron chi connectivity index (χ0n) is 11.6. The number of aliphatic imine (C=N–C) groups is 1. The predicted octanol–water partition coefficient (Wildman–Crippen LogP) is 3.17. The van der Waals surface area contributed by atoms with Crippen LogP contribution in [-0.4, -0.2) is 38.7 Å². The Bertz CT molecular complexity index is 498. The molecule has 3 rings (SSSR count). The van der Waals surface area contributed by atoms with Crippen molar-refractivity contribution in [1.29, 1.82) is 0 Å². The van der Waals surface area contributed by atoms with Crippen molar-refractivity contribution >= 4 is 28.8 Å². The summed E-state index contributed by atoms with van der Waals surface area (Å²) in [5, 5.41) is 4.25. The Morgan fingerprint density at radius 3 is 2.80 bits per heavy atom. The summed E-state index contributed by atoms with van der Waals surface area (Å²) in [5.41, 5.74) is 2.24. The molecular weight excluding hydrogens is 274 g/mol. The fraction of sp³-hybridized carbons (Fsp3) is 0.533. The van der Waals surface area contributed by atoms with E-state index in [0.29, 0.717) is 0 Å². The Kier molecular flexibility index (Phi) is 4.43. The van der Waals surface area contributed by atoms with Crippen LogP contribution >= 0.6 is 11.6 Å². The van der Waals surface area contributed by atoms with Gasteiger partial charge in [0.25, 0.3) is 0 Å². The van der Waals surface area contributed by atoms with Gasteiger partial charge in [-0.1, -0.05) is 11.6 Å². The van der Waals surface area contributed by atoms with E-state index in [4.69, 9.17) is 16.3 Å². The predicted molar refractivity (Wildman–Crippen MR) is 84.3 cm³/mol. The first-order chi connectivity index (χ1) is 9.83. The molecule has 0 amide bonds. The summed E-state index contributed by atoms with van der Waals surface area (Å²) in [5.74, 6) is 1.09. The largest absolute Gasteiger partial charge is 0.378 e. The highest BCUT2D eigenvalue weighted by Gasteiger charge is 2.16. The Morgan fingerprint density at radius 1 is 1.20 bits per heavy atom. The Hall–Kier alpha value is -1.26. The number of hydrogen-bond donors (Lipinski definition) is 1. The van der Waals surface area contributed by atoms with Gasteiger partial charge in [-0.3, -0.25) is 4.99 Å². The van der Waals surface area contributed by atoms with E-state index in [9.17, 15) is 0 Å². The molecule has 0 spiro atoms. The maximum absolute atomic E-state index is 6.16. The van der Waals surface area contributed by atoms with Crippen molar-refractivity contribution < 1.29 is 4.74 Å². The van der Waals surface area contributed by atoms with E-state index in [1.54, 1.807) is 0 Å². The molecular formula is C15H20ClN3O. The van der Waals surface area contributed by atoms with Crippen LogP contribution in [0.15, 0.2) is 23.2 Å². The molecule has 1 aromatic rings. The number of nitrogens with zero attached hydrogens (tertiary/aromatic N) is 2. The van der Waals surface area contributed by atoms with Gasteiger partial charge in [0, 0.05) is 31.1 Å². The number of nitrogens with one attached hydrogen (secondary N) is 1. The molecule has 1 aromatic carbocycles. The molecule has 20 heavy (non-hydrogen) atoms. The normalized spacial score (nSPS) is 19.6. The summed E-state index contributed by atoms with van der Waals surface area (Å²) in [6, 6.07) is 6.00. The lowest BCUT2D eigenvalue weighted by molar-refractivity contribution is 0.123. The fourth-order valence-electron chi connectivity index (χ4n) is 2.63.